The molecule has 156 valence electrons. The lowest BCUT2D eigenvalue weighted by Crippen LogP contribution is -2.46. The molecule has 0 bridgehead atoms. The Labute approximate surface area is 176 Å². The molecule has 1 saturated heterocycles. The Morgan fingerprint density at radius 3 is 2.60 bits per heavy atom. The minimum Gasteiger partial charge on any atom is -0.369 e. The highest BCUT2D eigenvalue weighted by molar-refractivity contribution is 5.53. The Bertz CT molecular complexity index is 1100. The third-order valence-electron chi connectivity index (χ3n) is 5.60. The Balaban J connectivity index is 1.36. The van der Waals surface area contributed by atoms with Crippen molar-refractivity contribution in [2.24, 2.45) is 0 Å². The van der Waals surface area contributed by atoms with Crippen molar-refractivity contribution in [2.45, 2.75) is 20.8 Å². The van der Waals surface area contributed by atoms with Gasteiger partial charge in [0.1, 0.15) is 0 Å². The van der Waals surface area contributed by atoms with Crippen LogP contribution < -0.4 is 10.5 Å². The van der Waals surface area contributed by atoms with Gasteiger partial charge in [0.25, 0.3) is 5.56 Å². The summed E-state index contributed by atoms with van der Waals surface area (Å²) in [6, 6.07) is 10.1. The van der Waals surface area contributed by atoms with Crippen LogP contribution in [-0.4, -0.2) is 57.4 Å². The van der Waals surface area contributed by atoms with Crippen LogP contribution >= 0.6 is 0 Å². The summed E-state index contributed by atoms with van der Waals surface area (Å²) >= 11 is 0. The summed E-state index contributed by atoms with van der Waals surface area (Å²) in [6.07, 6.45) is 6.09. The fraction of sp³-hybridized carbons (Fsp3) is 0.348. The molecule has 0 unspecified atom stereocenters. The molecule has 1 aromatic carbocycles. The summed E-state index contributed by atoms with van der Waals surface area (Å²) < 4.78 is 1.68. The summed E-state index contributed by atoms with van der Waals surface area (Å²) in [6.45, 7) is 11.1. The first-order valence-electron chi connectivity index (χ1n) is 10.3. The van der Waals surface area contributed by atoms with Crippen molar-refractivity contribution >= 4 is 11.8 Å². The van der Waals surface area contributed by atoms with E-state index in [1.807, 2.05) is 13.1 Å². The first-order valence-corrected chi connectivity index (χ1v) is 10.3. The molecule has 0 amide bonds. The Morgan fingerprint density at radius 2 is 1.87 bits per heavy atom. The van der Waals surface area contributed by atoms with E-state index in [9.17, 15) is 4.79 Å². The third-order valence-corrected chi connectivity index (χ3v) is 5.60. The van der Waals surface area contributed by atoms with Gasteiger partial charge in [-0.25, -0.2) is 9.67 Å². The van der Waals surface area contributed by atoms with Gasteiger partial charge in [0.15, 0.2) is 0 Å². The van der Waals surface area contributed by atoms with Gasteiger partial charge in [0, 0.05) is 55.7 Å². The number of nitrogens with one attached hydrogen (secondary N) is 1. The van der Waals surface area contributed by atoms with Gasteiger partial charge in [-0.1, -0.05) is 30.4 Å². The third kappa shape index (κ3) is 4.36. The van der Waals surface area contributed by atoms with Gasteiger partial charge in [-0.2, -0.15) is 5.10 Å². The SMILES string of the molecule is Cc1cc(=O)[nH]c(-n2ncc(C=CCN3CCN(c4ccccc4C)CC3)c2C)n1. The molecule has 1 aliphatic rings. The molecule has 0 spiro atoms. The average molecular weight is 405 g/mol. The number of nitrogens with zero attached hydrogens (tertiary/aromatic N) is 5. The average Bonchev–Trinajstić information content (AvgIpc) is 3.09. The van der Waals surface area contributed by atoms with Crippen molar-refractivity contribution < 1.29 is 0 Å². The van der Waals surface area contributed by atoms with E-state index in [4.69, 9.17) is 0 Å². The van der Waals surface area contributed by atoms with Gasteiger partial charge in [-0.05, 0) is 32.4 Å². The van der Waals surface area contributed by atoms with Crippen molar-refractivity contribution in [1.29, 1.82) is 0 Å². The molecule has 3 heterocycles. The van der Waals surface area contributed by atoms with Crippen molar-refractivity contribution in [3.05, 3.63) is 75.5 Å². The first-order chi connectivity index (χ1) is 14.5. The van der Waals surface area contributed by atoms with Gasteiger partial charge in [0.2, 0.25) is 5.95 Å². The highest BCUT2D eigenvalue weighted by Crippen LogP contribution is 2.20. The van der Waals surface area contributed by atoms with Crippen LogP contribution in [0.5, 0.6) is 0 Å². The molecular formula is C23H28N6O. The number of rotatable bonds is 5. The normalized spacial score (nSPS) is 15.2. The van der Waals surface area contributed by atoms with Gasteiger partial charge < -0.3 is 4.90 Å². The summed E-state index contributed by atoms with van der Waals surface area (Å²) in [5.41, 5.74) is 5.16. The molecule has 3 aromatic rings. The molecule has 7 heteroatoms. The quantitative estimate of drug-likeness (QED) is 0.708. The highest BCUT2D eigenvalue weighted by atomic mass is 16.1. The molecule has 1 N–H and O–H groups in total. The Hall–Kier alpha value is -3.19. The van der Waals surface area contributed by atoms with E-state index in [1.54, 1.807) is 11.6 Å². The van der Waals surface area contributed by atoms with E-state index < -0.39 is 0 Å². The van der Waals surface area contributed by atoms with Crippen LogP contribution in [0.1, 0.15) is 22.5 Å². The monoisotopic (exact) mass is 404 g/mol. The lowest BCUT2D eigenvalue weighted by atomic mass is 10.1. The molecular weight excluding hydrogens is 376 g/mol. The first kappa shape index (κ1) is 20.1. The van der Waals surface area contributed by atoms with E-state index >= 15 is 0 Å². The van der Waals surface area contributed by atoms with E-state index in [2.05, 4.69) is 68.2 Å². The number of aryl methyl sites for hydroxylation is 2. The number of piperazine rings is 1. The zero-order valence-electron chi connectivity index (χ0n) is 17.8. The predicted octanol–water partition coefficient (Wildman–Crippen LogP) is 2.72. The zero-order valence-corrected chi connectivity index (χ0v) is 17.8. The second-order valence-corrected chi connectivity index (χ2v) is 7.78. The number of para-hydroxylation sites is 1. The molecule has 0 aliphatic carbocycles. The molecule has 1 fully saturated rings. The van der Waals surface area contributed by atoms with E-state index in [0.717, 1.165) is 44.0 Å². The van der Waals surface area contributed by atoms with Crippen molar-refractivity contribution in [2.75, 3.05) is 37.6 Å². The van der Waals surface area contributed by atoms with Crippen LogP contribution in [0.25, 0.3) is 12.0 Å². The molecule has 0 radical (unpaired) electrons. The number of hydrogen-bond acceptors (Lipinski definition) is 5. The smallest absolute Gasteiger partial charge is 0.252 e. The van der Waals surface area contributed by atoms with Crippen molar-refractivity contribution in [1.82, 2.24) is 24.6 Å². The largest absolute Gasteiger partial charge is 0.369 e. The minimum absolute atomic E-state index is 0.172. The van der Waals surface area contributed by atoms with Crippen LogP contribution in [0, 0.1) is 20.8 Å². The highest BCUT2D eigenvalue weighted by Gasteiger charge is 2.17. The van der Waals surface area contributed by atoms with Crippen LogP contribution in [0.15, 0.2) is 47.4 Å². The number of hydrogen-bond donors (Lipinski definition) is 1. The number of benzene rings is 1. The Morgan fingerprint density at radius 1 is 1.10 bits per heavy atom. The molecule has 4 rings (SSSR count). The van der Waals surface area contributed by atoms with Gasteiger partial charge in [0.05, 0.1) is 11.9 Å². The topological polar surface area (TPSA) is 70.1 Å². The van der Waals surface area contributed by atoms with Crippen LogP contribution in [0.2, 0.25) is 0 Å². The molecule has 0 atom stereocenters. The predicted molar refractivity (Wildman–Crippen MR) is 120 cm³/mol. The van der Waals surface area contributed by atoms with Crippen LogP contribution in [0.3, 0.4) is 0 Å². The maximum Gasteiger partial charge on any atom is 0.252 e. The molecule has 7 nitrogen and oxygen atoms in total. The van der Waals surface area contributed by atoms with Crippen LogP contribution in [0.4, 0.5) is 5.69 Å². The van der Waals surface area contributed by atoms with Crippen LogP contribution in [-0.2, 0) is 0 Å². The molecule has 30 heavy (non-hydrogen) atoms. The number of H-pyrrole nitrogens is 1. The lowest BCUT2D eigenvalue weighted by Gasteiger charge is -2.36. The molecule has 1 aliphatic heterocycles. The fourth-order valence-electron chi connectivity index (χ4n) is 3.88. The summed E-state index contributed by atoms with van der Waals surface area (Å²) in [5.74, 6) is 0.449. The molecule has 2 aromatic heterocycles. The fourth-order valence-corrected chi connectivity index (χ4v) is 3.88. The van der Waals surface area contributed by atoms with Crippen molar-refractivity contribution in [3.8, 4) is 5.95 Å². The van der Waals surface area contributed by atoms with E-state index in [1.165, 1.54) is 17.3 Å². The van der Waals surface area contributed by atoms with Crippen molar-refractivity contribution in [3.63, 3.8) is 0 Å². The maximum absolute atomic E-state index is 11.7. The zero-order chi connectivity index (χ0) is 21.1. The summed E-state index contributed by atoms with van der Waals surface area (Å²) in [4.78, 5) is 23.8. The number of aromatic amines is 1. The summed E-state index contributed by atoms with van der Waals surface area (Å²) in [5, 5.41) is 4.40. The summed E-state index contributed by atoms with van der Waals surface area (Å²) in [7, 11) is 0. The standard InChI is InChI=1S/C23H28N6O/c1-17-7-4-5-9-21(17)28-13-11-27(12-14-28)10-6-8-20-16-24-29(19(20)3)23-25-18(2)15-22(30)26-23/h4-9,15-16H,10-14H2,1-3H3,(H,25,26,30). The van der Waals surface area contributed by atoms with E-state index in [0.29, 0.717) is 11.6 Å². The lowest BCUT2D eigenvalue weighted by molar-refractivity contribution is 0.284. The second-order valence-electron chi connectivity index (χ2n) is 7.78. The molecule has 0 saturated carbocycles. The Kier molecular flexibility index (Phi) is 5.81. The number of aromatic nitrogens is 4. The maximum atomic E-state index is 11.7. The van der Waals surface area contributed by atoms with Gasteiger partial charge >= 0.3 is 0 Å². The second kappa shape index (κ2) is 8.67. The van der Waals surface area contributed by atoms with Gasteiger partial charge in [-0.15, -0.1) is 0 Å². The van der Waals surface area contributed by atoms with E-state index in [-0.39, 0.29) is 5.56 Å². The number of anilines is 1. The minimum atomic E-state index is -0.172. The van der Waals surface area contributed by atoms with Gasteiger partial charge in [-0.3, -0.25) is 14.7 Å².